The quantitative estimate of drug-likeness (QED) is 0.738. The van der Waals surface area contributed by atoms with E-state index in [-0.39, 0.29) is 6.73 Å². The van der Waals surface area contributed by atoms with Crippen molar-refractivity contribution in [1.29, 1.82) is 5.26 Å². The average Bonchev–Trinajstić information content (AvgIpc) is 3.41. The van der Waals surface area contributed by atoms with E-state index in [1.54, 1.807) is 10.8 Å². The van der Waals surface area contributed by atoms with Crippen molar-refractivity contribution in [2.24, 2.45) is 11.8 Å². The fourth-order valence-electron chi connectivity index (χ4n) is 4.10. The lowest BCUT2D eigenvalue weighted by molar-refractivity contribution is 0.215. The summed E-state index contributed by atoms with van der Waals surface area (Å²) < 4.78 is 3.61. The second kappa shape index (κ2) is 7.26. The zero-order valence-electron chi connectivity index (χ0n) is 14.6. The highest BCUT2D eigenvalue weighted by Crippen LogP contribution is 2.34. The van der Waals surface area contributed by atoms with Gasteiger partial charge in [0.1, 0.15) is 18.7 Å². The van der Waals surface area contributed by atoms with Crippen LogP contribution in [0.25, 0.3) is 22.3 Å². The minimum absolute atomic E-state index is 0.115. The van der Waals surface area contributed by atoms with E-state index in [9.17, 15) is 10.4 Å². The van der Waals surface area contributed by atoms with E-state index in [4.69, 9.17) is 0 Å². The van der Waals surface area contributed by atoms with Crippen LogP contribution in [-0.2, 0) is 13.3 Å². The average molecular weight is 350 g/mol. The molecule has 0 unspecified atom stereocenters. The number of aromatic nitrogens is 5. The van der Waals surface area contributed by atoms with Crippen LogP contribution in [0, 0.1) is 23.2 Å². The van der Waals surface area contributed by atoms with Gasteiger partial charge in [0.25, 0.3) is 0 Å². The zero-order chi connectivity index (χ0) is 17.9. The fourth-order valence-corrected chi connectivity index (χ4v) is 4.10. The number of aliphatic hydroxyl groups is 1. The topological polar surface area (TPSA) is 92.5 Å². The molecule has 1 N–H and O–H groups in total. The van der Waals surface area contributed by atoms with Gasteiger partial charge in [-0.15, -0.1) is 0 Å². The van der Waals surface area contributed by atoms with Crippen LogP contribution in [0.15, 0.2) is 31.0 Å². The summed E-state index contributed by atoms with van der Waals surface area (Å²) in [6.45, 7) is 0.653. The van der Waals surface area contributed by atoms with Crippen molar-refractivity contribution in [3.8, 4) is 17.3 Å². The van der Waals surface area contributed by atoms with E-state index < -0.39 is 0 Å². The Balaban J connectivity index is 1.60. The number of fused-ring (bicyclic) bond motifs is 1. The maximum atomic E-state index is 9.40. The molecule has 1 saturated carbocycles. The Morgan fingerprint density at radius 3 is 2.92 bits per heavy atom. The molecule has 0 bridgehead atoms. The first kappa shape index (κ1) is 16.7. The van der Waals surface area contributed by atoms with Crippen molar-refractivity contribution >= 4 is 11.0 Å². The van der Waals surface area contributed by atoms with E-state index in [2.05, 4.69) is 21.1 Å². The van der Waals surface area contributed by atoms with Crippen molar-refractivity contribution in [3.05, 3.63) is 31.0 Å². The Morgan fingerprint density at radius 2 is 2.15 bits per heavy atom. The number of nitriles is 1. The molecule has 0 saturated heterocycles. The Hall–Kier alpha value is -2.72. The van der Waals surface area contributed by atoms with Crippen LogP contribution in [0.5, 0.6) is 0 Å². The summed E-state index contributed by atoms with van der Waals surface area (Å²) in [6.07, 6.45) is 12.7. The summed E-state index contributed by atoms with van der Waals surface area (Å²) in [6, 6.07) is 4.26. The Kier molecular flexibility index (Phi) is 4.67. The lowest BCUT2D eigenvalue weighted by Gasteiger charge is -2.20. The van der Waals surface area contributed by atoms with Crippen molar-refractivity contribution in [1.82, 2.24) is 24.3 Å². The van der Waals surface area contributed by atoms with E-state index in [0.29, 0.717) is 23.9 Å². The molecule has 3 aromatic heterocycles. The molecule has 26 heavy (non-hydrogen) atoms. The number of hydrogen-bond donors (Lipinski definition) is 1. The van der Waals surface area contributed by atoms with Crippen LogP contribution in [0.2, 0.25) is 0 Å². The van der Waals surface area contributed by atoms with Crippen LogP contribution < -0.4 is 0 Å². The summed E-state index contributed by atoms with van der Waals surface area (Å²) in [4.78, 5) is 8.68. The first-order valence-corrected chi connectivity index (χ1v) is 9.10. The molecule has 1 aliphatic carbocycles. The minimum atomic E-state index is -0.115. The third kappa shape index (κ3) is 3.08. The first-order valence-electron chi connectivity index (χ1n) is 9.10. The highest BCUT2D eigenvalue weighted by atomic mass is 16.3. The largest absolute Gasteiger partial charge is 0.376 e. The number of nitrogens with zero attached hydrogens (tertiary/aromatic N) is 6. The number of rotatable bonds is 6. The SMILES string of the molecule is N#CC[C@@H](Cn1cc(-c2ncnc3c2ccn3CO)cn1)C1CCCC1. The Bertz CT molecular complexity index is 931. The maximum Gasteiger partial charge on any atom is 0.145 e. The molecule has 134 valence electrons. The maximum absolute atomic E-state index is 9.40. The van der Waals surface area contributed by atoms with Gasteiger partial charge in [-0.2, -0.15) is 10.4 Å². The molecule has 0 aromatic carbocycles. The lowest BCUT2D eigenvalue weighted by atomic mass is 9.88. The summed E-state index contributed by atoms with van der Waals surface area (Å²) in [5, 5.41) is 24.0. The van der Waals surface area contributed by atoms with Crippen molar-refractivity contribution < 1.29 is 5.11 Å². The first-order chi connectivity index (χ1) is 12.8. The van der Waals surface area contributed by atoms with E-state index in [0.717, 1.165) is 23.2 Å². The third-order valence-corrected chi connectivity index (χ3v) is 5.46. The van der Waals surface area contributed by atoms with Crippen LogP contribution in [-0.4, -0.2) is 29.4 Å². The molecule has 0 spiro atoms. The minimum Gasteiger partial charge on any atom is -0.376 e. The second-order valence-corrected chi connectivity index (χ2v) is 7.00. The van der Waals surface area contributed by atoms with Gasteiger partial charge in [0, 0.05) is 36.3 Å². The van der Waals surface area contributed by atoms with Gasteiger partial charge < -0.3 is 9.67 Å². The fraction of sp³-hybridized carbons (Fsp3) is 0.474. The molecule has 4 rings (SSSR count). The molecule has 0 amide bonds. The summed E-state index contributed by atoms with van der Waals surface area (Å²) in [5.41, 5.74) is 2.44. The molecular formula is C19H22N6O. The second-order valence-electron chi connectivity index (χ2n) is 7.00. The summed E-state index contributed by atoms with van der Waals surface area (Å²) >= 11 is 0. The predicted molar refractivity (Wildman–Crippen MR) is 96.6 cm³/mol. The van der Waals surface area contributed by atoms with Gasteiger partial charge in [0.05, 0.1) is 18.0 Å². The third-order valence-electron chi connectivity index (χ3n) is 5.46. The number of aliphatic hydroxyl groups excluding tert-OH is 1. The Labute approximate surface area is 151 Å². The van der Waals surface area contributed by atoms with Gasteiger partial charge in [0.2, 0.25) is 0 Å². The molecule has 7 heteroatoms. The molecule has 3 aromatic rings. The highest BCUT2D eigenvalue weighted by molar-refractivity contribution is 5.90. The van der Waals surface area contributed by atoms with E-state index >= 15 is 0 Å². The highest BCUT2D eigenvalue weighted by Gasteiger charge is 2.25. The van der Waals surface area contributed by atoms with Gasteiger partial charge in [-0.05, 0) is 17.9 Å². The molecule has 7 nitrogen and oxygen atoms in total. The van der Waals surface area contributed by atoms with Crippen molar-refractivity contribution in [2.45, 2.75) is 45.4 Å². The monoisotopic (exact) mass is 350 g/mol. The van der Waals surface area contributed by atoms with Gasteiger partial charge in [-0.1, -0.05) is 25.7 Å². The van der Waals surface area contributed by atoms with Crippen molar-refractivity contribution in [3.63, 3.8) is 0 Å². The Morgan fingerprint density at radius 1 is 1.31 bits per heavy atom. The number of hydrogen-bond acceptors (Lipinski definition) is 5. The predicted octanol–water partition coefficient (Wildman–Crippen LogP) is 2.96. The van der Waals surface area contributed by atoms with Crippen molar-refractivity contribution in [2.75, 3.05) is 0 Å². The summed E-state index contributed by atoms with van der Waals surface area (Å²) in [5.74, 6) is 0.989. The van der Waals surface area contributed by atoms with Gasteiger partial charge in [-0.3, -0.25) is 4.68 Å². The molecule has 3 heterocycles. The van der Waals surface area contributed by atoms with Crippen LogP contribution in [0.3, 0.4) is 0 Å². The normalized spacial score (nSPS) is 16.2. The zero-order valence-corrected chi connectivity index (χ0v) is 14.6. The molecule has 0 radical (unpaired) electrons. The standard InChI is InChI=1S/C19H22N6O/c20-7-5-15(14-3-1-2-4-14)10-25-11-16(9-23-25)18-17-6-8-24(13-26)19(17)22-12-21-18/h6,8-9,11-12,14-15,26H,1-5,10,13H2/t15-/m0/s1. The molecular weight excluding hydrogens is 328 g/mol. The van der Waals surface area contributed by atoms with Gasteiger partial charge >= 0.3 is 0 Å². The summed E-state index contributed by atoms with van der Waals surface area (Å²) in [7, 11) is 0. The van der Waals surface area contributed by atoms with Gasteiger partial charge in [-0.25, -0.2) is 9.97 Å². The molecule has 1 atom stereocenters. The van der Waals surface area contributed by atoms with Crippen LogP contribution >= 0.6 is 0 Å². The van der Waals surface area contributed by atoms with Crippen LogP contribution in [0.1, 0.15) is 32.1 Å². The smallest absolute Gasteiger partial charge is 0.145 e. The van der Waals surface area contributed by atoms with Gasteiger partial charge in [0.15, 0.2) is 0 Å². The lowest BCUT2D eigenvalue weighted by Crippen LogP contribution is -2.18. The van der Waals surface area contributed by atoms with E-state index in [1.807, 2.05) is 23.1 Å². The molecule has 1 fully saturated rings. The molecule has 0 aliphatic heterocycles. The molecule has 1 aliphatic rings. The van der Waals surface area contributed by atoms with E-state index in [1.165, 1.54) is 32.0 Å². The van der Waals surface area contributed by atoms with Crippen LogP contribution in [0.4, 0.5) is 0 Å².